The lowest BCUT2D eigenvalue weighted by atomic mass is 10.4. The van der Waals surface area contributed by atoms with Gasteiger partial charge in [0.1, 0.15) is 12.2 Å². The summed E-state index contributed by atoms with van der Waals surface area (Å²) in [5.41, 5.74) is 0. The van der Waals surface area contributed by atoms with Crippen LogP contribution in [0.1, 0.15) is 19.7 Å². The van der Waals surface area contributed by atoms with E-state index in [2.05, 4.69) is 29.4 Å². The molecule has 5 nitrogen and oxygen atoms in total. The van der Waals surface area contributed by atoms with Crippen LogP contribution in [0, 0.1) is 0 Å². The van der Waals surface area contributed by atoms with Crippen LogP contribution in [-0.2, 0) is 17.8 Å². The van der Waals surface area contributed by atoms with Gasteiger partial charge in [-0.1, -0.05) is 13.8 Å². The quantitative estimate of drug-likeness (QED) is 0.720. The van der Waals surface area contributed by atoms with Crippen LogP contribution in [0.2, 0.25) is 0 Å². The van der Waals surface area contributed by atoms with Gasteiger partial charge in [0.05, 0.1) is 13.2 Å². The van der Waals surface area contributed by atoms with Crippen molar-refractivity contribution in [3.8, 4) is 0 Å². The van der Waals surface area contributed by atoms with Crippen LogP contribution >= 0.6 is 0 Å². The van der Waals surface area contributed by atoms with Crippen LogP contribution < -0.4 is 5.32 Å². The Morgan fingerprint density at radius 1 is 1.57 bits per heavy atom. The molecule has 0 aliphatic carbocycles. The fourth-order valence-electron chi connectivity index (χ4n) is 1.09. The van der Waals surface area contributed by atoms with Crippen molar-refractivity contribution in [1.82, 2.24) is 20.1 Å². The Balaban J connectivity index is 2.45. The summed E-state index contributed by atoms with van der Waals surface area (Å²) in [5.74, 6) is 0.954. The maximum Gasteiger partial charge on any atom is 0.146 e. The summed E-state index contributed by atoms with van der Waals surface area (Å²) in [4.78, 5) is 0. The van der Waals surface area contributed by atoms with E-state index in [-0.39, 0.29) is 0 Å². The second kappa shape index (κ2) is 5.72. The van der Waals surface area contributed by atoms with E-state index in [1.807, 2.05) is 4.57 Å². The summed E-state index contributed by atoms with van der Waals surface area (Å²) in [6.45, 7) is 6.46. The van der Waals surface area contributed by atoms with Crippen molar-refractivity contribution in [3.63, 3.8) is 0 Å². The Morgan fingerprint density at radius 2 is 2.36 bits per heavy atom. The van der Waals surface area contributed by atoms with Crippen molar-refractivity contribution in [2.75, 3.05) is 13.7 Å². The SMILES string of the molecule is COCCn1cnnc1CNC(C)C. The van der Waals surface area contributed by atoms with Crippen LogP contribution in [0.25, 0.3) is 0 Å². The van der Waals surface area contributed by atoms with Gasteiger partial charge in [-0.05, 0) is 0 Å². The van der Waals surface area contributed by atoms with Gasteiger partial charge in [-0.2, -0.15) is 0 Å². The lowest BCUT2D eigenvalue weighted by molar-refractivity contribution is 0.186. The lowest BCUT2D eigenvalue weighted by Crippen LogP contribution is -2.24. The van der Waals surface area contributed by atoms with Gasteiger partial charge in [0, 0.05) is 19.7 Å². The third kappa shape index (κ3) is 3.43. The molecule has 1 aromatic rings. The van der Waals surface area contributed by atoms with Crippen molar-refractivity contribution >= 4 is 0 Å². The molecule has 0 amide bonds. The number of aromatic nitrogens is 3. The minimum Gasteiger partial charge on any atom is -0.383 e. The molecule has 1 aromatic heterocycles. The summed E-state index contributed by atoms with van der Waals surface area (Å²) < 4.78 is 7.00. The molecule has 1 rings (SSSR count). The first-order valence-electron chi connectivity index (χ1n) is 4.83. The molecule has 80 valence electrons. The lowest BCUT2D eigenvalue weighted by Gasteiger charge is -2.09. The smallest absolute Gasteiger partial charge is 0.146 e. The van der Waals surface area contributed by atoms with Crippen LogP contribution in [0.5, 0.6) is 0 Å². The molecule has 1 heterocycles. The van der Waals surface area contributed by atoms with Gasteiger partial charge in [0.2, 0.25) is 0 Å². The highest BCUT2D eigenvalue weighted by Gasteiger charge is 2.03. The largest absolute Gasteiger partial charge is 0.383 e. The van der Waals surface area contributed by atoms with Gasteiger partial charge in [-0.15, -0.1) is 10.2 Å². The van der Waals surface area contributed by atoms with Crippen LogP contribution in [0.15, 0.2) is 6.33 Å². The van der Waals surface area contributed by atoms with Crippen molar-refractivity contribution in [3.05, 3.63) is 12.2 Å². The summed E-state index contributed by atoms with van der Waals surface area (Å²) in [7, 11) is 1.69. The maximum atomic E-state index is 5.00. The Hall–Kier alpha value is -0.940. The number of nitrogens with one attached hydrogen (secondary N) is 1. The summed E-state index contributed by atoms with van der Waals surface area (Å²) in [6, 6.07) is 0.461. The highest BCUT2D eigenvalue weighted by molar-refractivity contribution is 4.85. The first-order chi connectivity index (χ1) is 6.74. The molecule has 0 aliphatic heterocycles. The molecule has 0 radical (unpaired) electrons. The number of rotatable bonds is 6. The molecule has 1 N–H and O–H groups in total. The predicted octanol–water partition coefficient (Wildman–Crippen LogP) is 0.422. The second-order valence-corrected chi connectivity index (χ2v) is 3.47. The molecule has 0 aromatic carbocycles. The van der Waals surface area contributed by atoms with Gasteiger partial charge < -0.3 is 14.6 Å². The van der Waals surface area contributed by atoms with Crippen molar-refractivity contribution < 1.29 is 4.74 Å². The van der Waals surface area contributed by atoms with Crippen LogP contribution in [0.4, 0.5) is 0 Å². The van der Waals surface area contributed by atoms with Crippen LogP contribution in [0.3, 0.4) is 0 Å². The minimum absolute atomic E-state index is 0.461. The Morgan fingerprint density at radius 3 is 3.00 bits per heavy atom. The highest BCUT2D eigenvalue weighted by Crippen LogP contribution is 1.95. The zero-order valence-electron chi connectivity index (χ0n) is 9.03. The highest BCUT2D eigenvalue weighted by atomic mass is 16.5. The van der Waals surface area contributed by atoms with E-state index in [0.29, 0.717) is 12.6 Å². The van der Waals surface area contributed by atoms with E-state index < -0.39 is 0 Å². The summed E-state index contributed by atoms with van der Waals surface area (Å²) >= 11 is 0. The Bertz CT molecular complexity index is 259. The Kier molecular flexibility index (Phi) is 4.55. The normalized spacial score (nSPS) is 11.1. The third-order valence-electron chi connectivity index (χ3n) is 1.90. The third-order valence-corrected chi connectivity index (χ3v) is 1.90. The van der Waals surface area contributed by atoms with Gasteiger partial charge in [0.25, 0.3) is 0 Å². The molecule has 0 spiro atoms. The second-order valence-electron chi connectivity index (χ2n) is 3.47. The van der Waals surface area contributed by atoms with Gasteiger partial charge in [-0.3, -0.25) is 0 Å². The predicted molar refractivity (Wildman–Crippen MR) is 53.9 cm³/mol. The molecule has 5 heteroatoms. The molecule has 0 unspecified atom stereocenters. The van der Waals surface area contributed by atoms with Crippen LogP contribution in [-0.4, -0.2) is 34.5 Å². The molecule has 14 heavy (non-hydrogen) atoms. The van der Waals surface area contributed by atoms with E-state index in [1.54, 1.807) is 13.4 Å². The molecule has 0 aliphatic rings. The molecular weight excluding hydrogens is 180 g/mol. The maximum absolute atomic E-state index is 5.00. The topological polar surface area (TPSA) is 52.0 Å². The molecular formula is C9H18N4O. The standard InChI is InChI=1S/C9H18N4O/c1-8(2)10-6-9-12-11-7-13(9)4-5-14-3/h7-8,10H,4-6H2,1-3H3. The van der Waals surface area contributed by atoms with E-state index in [4.69, 9.17) is 4.74 Å². The van der Waals surface area contributed by atoms with E-state index in [0.717, 1.165) is 18.9 Å². The zero-order chi connectivity index (χ0) is 10.4. The van der Waals surface area contributed by atoms with Gasteiger partial charge >= 0.3 is 0 Å². The zero-order valence-corrected chi connectivity index (χ0v) is 9.03. The number of hydrogen-bond donors (Lipinski definition) is 1. The number of nitrogens with zero attached hydrogens (tertiary/aromatic N) is 3. The Labute approximate surface area is 84.5 Å². The average Bonchev–Trinajstić information content (AvgIpc) is 2.58. The van der Waals surface area contributed by atoms with Crippen molar-refractivity contribution in [1.29, 1.82) is 0 Å². The van der Waals surface area contributed by atoms with Gasteiger partial charge in [-0.25, -0.2) is 0 Å². The van der Waals surface area contributed by atoms with E-state index in [9.17, 15) is 0 Å². The number of ether oxygens (including phenoxy) is 1. The average molecular weight is 198 g/mol. The van der Waals surface area contributed by atoms with E-state index in [1.165, 1.54) is 0 Å². The molecule has 0 atom stereocenters. The number of methoxy groups -OCH3 is 1. The van der Waals surface area contributed by atoms with Gasteiger partial charge in [0.15, 0.2) is 0 Å². The molecule has 0 fully saturated rings. The minimum atomic E-state index is 0.461. The molecule has 0 saturated carbocycles. The molecule has 0 bridgehead atoms. The summed E-state index contributed by atoms with van der Waals surface area (Å²) in [6.07, 6.45) is 1.73. The van der Waals surface area contributed by atoms with Crippen molar-refractivity contribution in [2.45, 2.75) is 33.0 Å². The molecule has 0 saturated heterocycles. The first kappa shape index (κ1) is 11.1. The van der Waals surface area contributed by atoms with Crippen molar-refractivity contribution in [2.24, 2.45) is 0 Å². The fraction of sp³-hybridized carbons (Fsp3) is 0.778. The number of hydrogen-bond acceptors (Lipinski definition) is 4. The summed E-state index contributed by atoms with van der Waals surface area (Å²) in [5, 5.41) is 11.2. The fourth-order valence-corrected chi connectivity index (χ4v) is 1.09. The first-order valence-corrected chi connectivity index (χ1v) is 4.83. The van der Waals surface area contributed by atoms with E-state index >= 15 is 0 Å². The monoisotopic (exact) mass is 198 g/mol.